The fourth-order valence-electron chi connectivity index (χ4n) is 2.49. The van der Waals surface area contributed by atoms with E-state index in [0.717, 1.165) is 17.2 Å². The molecule has 1 aliphatic heterocycles. The number of rotatable bonds is 2. The first-order chi connectivity index (χ1) is 12.1. The van der Waals surface area contributed by atoms with Crippen molar-refractivity contribution >= 4 is 17.3 Å². The molecule has 0 saturated heterocycles. The van der Waals surface area contributed by atoms with E-state index < -0.39 is 40.5 Å². The van der Waals surface area contributed by atoms with Crippen molar-refractivity contribution in [2.45, 2.75) is 6.18 Å². The summed E-state index contributed by atoms with van der Waals surface area (Å²) in [5, 5.41) is 3.42. The molecule has 0 bridgehead atoms. The number of carbonyl (C=O) groups excluding carboxylic acids is 1. The standard InChI is InChI=1S/C14H10F4N4O4/c1-26-22-9-3-8(6(15)2-7(9)19-5-12(22)24)21-11(23)4-10(14(16,17)18)20-13(21)25/h2-4,19H,5H2,1H3,(H,20,25). The Hall–Kier alpha value is -3.15. The molecule has 26 heavy (non-hydrogen) atoms. The number of carbonyl (C=O) groups is 1. The number of benzene rings is 1. The average molecular weight is 374 g/mol. The van der Waals surface area contributed by atoms with Crippen LogP contribution in [0.2, 0.25) is 0 Å². The molecule has 0 spiro atoms. The molecule has 0 radical (unpaired) electrons. The molecule has 0 fully saturated rings. The molecule has 1 amide bonds. The summed E-state index contributed by atoms with van der Waals surface area (Å²) in [6, 6.07) is 1.98. The molecular formula is C14H10F4N4O4. The Kier molecular flexibility index (Phi) is 4.06. The topological polar surface area (TPSA) is 96.4 Å². The number of nitrogens with zero attached hydrogens (tertiary/aromatic N) is 2. The van der Waals surface area contributed by atoms with Crippen molar-refractivity contribution in [1.82, 2.24) is 9.55 Å². The number of nitrogens with one attached hydrogen (secondary N) is 2. The Morgan fingerprint density at radius 3 is 2.38 bits per heavy atom. The predicted octanol–water partition coefficient (Wildman–Crippen LogP) is 1.00. The van der Waals surface area contributed by atoms with Crippen LogP contribution >= 0.6 is 0 Å². The second kappa shape index (κ2) is 5.98. The number of hydroxylamine groups is 1. The molecule has 3 rings (SSSR count). The van der Waals surface area contributed by atoms with E-state index in [2.05, 4.69) is 5.32 Å². The number of amides is 1. The zero-order valence-corrected chi connectivity index (χ0v) is 13.0. The van der Waals surface area contributed by atoms with E-state index in [9.17, 15) is 31.9 Å². The van der Waals surface area contributed by atoms with Crippen molar-refractivity contribution < 1.29 is 27.2 Å². The van der Waals surface area contributed by atoms with E-state index in [1.54, 1.807) is 0 Å². The number of aromatic nitrogens is 2. The van der Waals surface area contributed by atoms with Gasteiger partial charge in [0.1, 0.15) is 11.5 Å². The van der Waals surface area contributed by atoms with Crippen LogP contribution in [0.25, 0.3) is 5.69 Å². The monoisotopic (exact) mass is 374 g/mol. The van der Waals surface area contributed by atoms with Crippen LogP contribution in [0.3, 0.4) is 0 Å². The van der Waals surface area contributed by atoms with Crippen LogP contribution in [0.15, 0.2) is 27.8 Å². The highest BCUT2D eigenvalue weighted by Crippen LogP contribution is 2.33. The third-order valence-electron chi connectivity index (χ3n) is 3.60. The van der Waals surface area contributed by atoms with Crippen molar-refractivity contribution in [3.8, 4) is 5.69 Å². The smallest absolute Gasteiger partial charge is 0.374 e. The van der Waals surface area contributed by atoms with Gasteiger partial charge < -0.3 is 10.3 Å². The summed E-state index contributed by atoms with van der Waals surface area (Å²) in [7, 11) is 1.17. The molecule has 2 aromatic rings. The highest BCUT2D eigenvalue weighted by Gasteiger charge is 2.33. The molecule has 2 N–H and O–H groups in total. The zero-order chi connectivity index (χ0) is 19.2. The highest BCUT2D eigenvalue weighted by molar-refractivity contribution is 6.01. The number of hydrogen-bond donors (Lipinski definition) is 2. The first kappa shape index (κ1) is 17.7. The maximum absolute atomic E-state index is 14.4. The van der Waals surface area contributed by atoms with Gasteiger partial charge in [0.2, 0.25) is 0 Å². The van der Waals surface area contributed by atoms with Crippen LogP contribution in [0.1, 0.15) is 5.69 Å². The lowest BCUT2D eigenvalue weighted by atomic mass is 10.2. The van der Waals surface area contributed by atoms with Gasteiger partial charge in [-0.1, -0.05) is 0 Å². The number of fused-ring (bicyclic) bond motifs is 1. The van der Waals surface area contributed by atoms with Gasteiger partial charge in [-0.15, -0.1) is 0 Å². The van der Waals surface area contributed by atoms with Crippen molar-refractivity contribution in [2.24, 2.45) is 0 Å². The van der Waals surface area contributed by atoms with Gasteiger partial charge in [-0.05, 0) is 6.07 Å². The lowest BCUT2D eigenvalue weighted by molar-refractivity contribution is -0.141. The molecule has 0 saturated carbocycles. The summed E-state index contributed by atoms with van der Waals surface area (Å²) >= 11 is 0. The maximum atomic E-state index is 14.4. The highest BCUT2D eigenvalue weighted by atomic mass is 19.4. The minimum Gasteiger partial charge on any atom is -0.374 e. The molecular weight excluding hydrogens is 364 g/mol. The lowest BCUT2D eigenvalue weighted by Crippen LogP contribution is -2.40. The predicted molar refractivity (Wildman–Crippen MR) is 80.6 cm³/mol. The second-order valence-electron chi connectivity index (χ2n) is 5.20. The third kappa shape index (κ3) is 2.83. The van der Waals surface area contributed by atoms with E-state index in [4.69, 9.17) is 4.84 Å². The Balaban J connectivity index is 2.23. The largest absolute Gasteiger partial charge is 0.431 e. The van der Waals surface area contributed by atoms with Gasteiger partial charge in [0, 0.05) is 12.1 Å². The summed E-state index contributed by atoms with van der Waals surface area (Å²) in [5.74, 6) is -1.60. The van der Waals surface area contributed by atoms with Crippen molar-refractivity contribution in [1.29, 1.82) is 0 Å². The van der Waals surface area contributed by atoms with Gasteiger partial charge in [0.15, 0.2) is 0 Å². The molecule has 12 heteroatoms. The van der Waals surface area contributed by atoms with Crippen molar-refractivity contribution in [3.05, 3.63) is 50.5 Å². The van der Waals surface area contributed by atoms with Gasteiger partial charge in [-0.3, -0.25) is 14.4 Å². The fraction of sp³-hybridized carbons (Fsp3) is 0.214. The fourth-order valence-corrected chi connectivity index (χ4v) is 2.49. The van der Waals surface area contributed by atoms with Gasteiger partial charge in [0.25, 0.3) is 11.5 Å². The van der Waals surface area contributed by atoms with Crippen molar-refractivity contribution in [3.63, 3.8) is 0 Å². The van der Waals surface area contributed by atoms with Gasteiger partial charge >= 0.3 is 11.9 Å². The lowest BCUT2D eigenvalue weighted by Gasteiger charge is -2.28. The van der Waals surface area contributed by atoms with Crippen LogP contribution in [0.5, 0.6) is 0 Å². The number of halogens is 4. The second-order valence-corrected chi connectivity index (χ2v) is 5.20. The minimum absolute atomic E-state index is 0.00801. The minimum atomic E-state index is -4.95. The van der Waals surface area contributed by atoms with E-state index in [1.807, 2.05) is 0 Å². The molecule has 1 aromatic carbocycles. The molecule has 0 aliphatic carbocycles. The molecule has 1 aromatic heterocycles. The van der Waals surface area contributed by atoms with E-state index in [-0.39, 0.29) is 28.6 Å². The first-order valence-corrected chi connectivity index (χ1v) is 7.02. The van der Waals surface area contributed by atoms with E-state index in [0.29, 0.717) is 0 Å². The van der Waals surface area contributed by atoms with Crippen LogP contribution < -0.4 is 21.6 Å². The van der Waals surface area contributed by atoms with Crippen molar-refractivity contribution in [2.75, 3.05) is 24.0 Å². The molecule has 0 unspecified atom stereocenters. The van der Waals surface area contributed by atoms with Gasteiger partial charge in [0.05, 0.1) is 30.7 Å². The summed E-state index contributed by atoms with van der Waals surface area (Å²) in [5.41, 5.74) is -4.93. The zero-order valence-electron chi connectivity index (χ0n) is 13.0. The number of alkyl halides is 3. The number of anilines is 2. The summed E-state index contributed by atoms with van der Waals surface area (Å²) in [4.78, 5) is 42.1. The number of H-pyrrole nitrogens is 1. The molecule has 138 valence electrons. The first-order valence-electron chi connectivity index (χ1n) is 7.02. The Labute approximate surface area is 141 Å². The SMILES string of the molecule is CON1C(=O)CNc2cc(F)c(-n3c(=O)cc(C(F)(F)F)[nH]c3=O)cc21. The number of aromatic amines is 1. The molecule has 1 aliphatic rings. The summed E-state index contributed by atoms with van der Waals surface area (Å²) in [6.45, 7) is -0.180. The maximum Gasteiger partial charge on any atom is 0.431 e. The summed E-state index contributed by atoms with van der Waals surface area (Å²) < 4.78 is 52.6. The Morgan fingerprint density at radius 2 is 1.81 bits per heavy atom. The normalized spacial score (nSPS) is 14.2. The summed E-state index contributed by atoms with van der Waals surface area (Å²) in [6.07, 6.45) is -4.95. The van der Waals surface area contributed by atoms with E-state index >= 15 is 0 Å². The van der Waals surface area contributed by atoms with Crippen LogP contribution in [-0.4, -0.2) is 29.1 Å². The third-order valence-corrected chi connectivity index (χ3v) is 3.60. The Bertz CT molecular complexity index is 980. The molecule has 0 atom stereocenters. The van der Waals surface area contributed by atoms with E-state index in [1.165, 1.54) is 12.1 Å². The average Bonchev–Trinajstić information content (AvgIpc) is 2.54. The van der Waals surface area contributed by atoms with Crippen LogP contribution in [0, 0.1) is 5.82 Å². The number of hydrogen-bond acceptors (Lipinski definition) is 5. The molecule has 8 nitrogen and oxygen atoms in total. The van der Waals surface area contributed by atoms with Crippen LogP contribution in [-0.2, 0) is 15.8 Å². The Morgan fingerprint density at radius 1 is 1.12 bits per heavy atom. The van der Waals surface area contributed by atoms with Gasteiger partial charge in [-0.2, -0.15) is 18.2 Å². The molecule has 2 heterocycles. The van der Waals surface area contributed by atoms with Crippen LogP contribution in [0.4, 0.5) is 28.9 Å². The van der Waals surface area contributed by atoms with Gasteiger partial charge in [-0.25, -0.2) is 13.8 Å². The quantitative estimate of drug-likeness (QED) is 0.765.